The molecule has 3 N–H and O–H groups in total. The predicted molar refractivity (Wildman–Crippen MR) is 68.1 cm³/mol. The summed E-state index contributed by atoms with van der Waals surface area (Å²) in [5.74, 6) is 0. The minimum Gasteiger partial charge on any atom is -0.394 e. The van der Waals surface area contributed by atoms with E-state index in [0.29, 0.717) is 5.56 Å². The summed E-state index contributed by atoms with van der Waals surface area (Å²) in [6, 6.07) is 3.23. The fourth-order valence-corrected chi connectivity index (χ4v) is 1.58. The lowest BCUT2D eigenvalue weighted by Gasteiger charge is -2.18. The van der Waals surface area contributed by atoms with Crippen LogP contribution in [0.3, 0.4) is 0 Å². The van der Waals surface area contributed by atoms with Crippen molar-refractivity contribution in [1.82, 2.24) is 10.6 Å². The zero-order chi connectivity index (χ0) is 15.3. The van der Waals surface area contributed by atoms with Crippen molar-refractivity contribution in [2.45, 2.75) is 32.1 Å². The van der Waals surface area contributed by atoms with Gasteiger partial charge in [0.05, 0.1) is 24.3 Å². The number of alkyl halides is 3. The van der Waals surface area contributed by atoms with E-state index in [4.69, 9.17) is 5.11 Å². The van der Waals surface area contributed by atoms with E-state index < -0.39 is 29.9 Å². The van der Waals surface area contributed by atoms with Crippen molar-refractivity contribution in [1.29, 1.82) is 0 Å². The van der Waals surface area contributed by atoms with E-state index >= 15 is 0 Å². The standard InChI is InChI=1S/C13H17F3N2O2/c1-8(7-19)17-12(20)18-9(2)10-4-3-5-11(6-10)13(14,15)16/h3-6,8-9,19H,7H2,1-2H3,(H2,17,18,20). The van der Waals surface area contributed by atoms with Crippen LogP contribution in [-0.4, -0.2) is 23.8 Å². The predicted octanol–water partition coefficient (Wildman–Crippen LogP) is 2.45. The maximum Gasteiger partial charge on any atom is 0.416 e. The van der Waals surface area contributed by atoms with Crippen molar-refractivity contribution in [2.24, 2.45) is 0 Å². The molecule has 0 spiro atoms. The summed E-state index contributed by atoms with van der Waals surface area (Å²) in [6.45, 7) is 2.97. The summed E-state index contributed by atoms with van der Waals surface area (Å²) < 4.78 is 37.8. The van der Waals surface area contributed by atoms with Crippen LogP contribution in [0.5, 0.6) is 0 Å². The highest BCUT2D eigenvalue weighted by molar-refractivity contribution is 5.74. The zero-order valence-corrected chi connectivity index (χ0v) is 11.2. The summed E-state index contributed by atoms with van der Waals surface area (Å²) in [5, 5.41) is 13.8. The second-order valence-corrected chi connectivity index (χ2v) is 4.55. The first-order valence-corrected chi connectivity index (χ1v) is 6.09. The molecule has 2 atom stereocenters. The molecule has 0 fully saturated rings. The van der Waals surface area contributed by atoms with Gasteiger partial charge in [-0.05, 0) is 31.5 Å². The van der Waals surface area contributed by atoms with Gasteiger partial charge < -0.3 is 15.7 Å². The van der Waals surface area contributed by atoms with Crippen molar-refractivity contribution >= 4 is 6.03 Å². The monoisotopic (exact) mass is 290 g/mol. The van der Waals surface area contributed by atoms with Crippen LogP contribution in [0, 0.1) is 0 Å². The molecule has 0 saturated heterocycles. The van der Waals surface area contributed by atoms with Gasteiger partial charge in [-0.25, -0.2) is 4.79 Å². The number of aliphatic hydroxyl groups excluding tert-OH is 1. The number of rotatable bonds is 4. The van der Waals surface area contributed by atoms with E-state index in [1.54, 1.807) is 13.8 Å². The lowest BCUT2D eigenvalue weighted by molar-refractivity contribution is -0.137. The van der Waals surface area contributed by atoms with Gasteiger partial charge in [-0.15, -0.1) is 0 Å². The van der Waals surface area contributed by atoms with Crippen LogP contribution in [0.1, 0.15) is 31.0 Å². The van der Waals surface area contributed by atoms with Gasteiger partial charge in [0.15, 0.2) is 0 Å². The first kappa shape index (κ1) is 16.3. The molecule has 7 heteroatoms. The van der Waals surface area contributed by atoms with E-state index in [0.717, 1.165) is 12.1 Å². The average Bonchev–Trinajstić information content (AvgIpc) is 2.37. The number of benzene rings is 1. The summed E-state index contributed by atoms with van der Waals surface area (Å²) >= 11 is 0. The minimum absolute atomic E-state index is 0.217. The molecular formula is C13H17F3N2O2. The molecule has 0 aliphatic rings. The quantitative estimate of drug-likeness (QED) is 0.797. The third-order valence-electron chi connectivity index (χ3n) is 2.71. The van der Waals surface area contributed by atoms with Crippen LogP contribution in [0.25, 0.3) is 0 Å². The highest BCUT2D eigenvalue weighted by Gasteiger charge is 2.30. The number of carbonyl (C=O) groups excluding carboxylic acids is 1. The Morgan fingerprint density at radius 3 is 2.50 bits per heavy atom. The van der Waals surface area contributed by atoms with Gasteiger partial charge in [-0.2, -0.15) is 13.2 Å². The van der Waals surface area contributed by atoms with Gasteiger partial charge in [-0.1, -0.05) is 12.1 Å². The highest BCUT2D eigenvalue weighted by Crippen LogP contribution is 2.30. The lowest BCUT2D eigenvalue weighted by atomic mass is 10.1. The Balaban J connectivity index is 2.73. The molecule has 0 bridgehead atoms. The summed E-state index contributed by atoms with van der Waals surface area (Å²) in [6.07, 6.45) is -4.41. The number of urea groups is 1. The number of hydrogen-bond acceptors (Lipinski definition) is 2. The van der Waals surface area contributed by atoms with Crippen molar-refractivity contribution in [3.8, 4) is 0 Å². The molecule has 2 unspecified atom stereocenters. The van der Waals surface area contributed by atoms with Crippen molar-refractivity contribution in [3.63, 3.8) is 0 Å². The van der Waals surface area contributed by atoms with Crippen LogP contribution < -0.4 is 10.6 Å². The first-order valence-electron chi connectivity index (χ1n) is 6.09. The topological polar surface area (TPSA) is 61.4 Å². The Morgan fingerprint density at radius 1 is 1.30 bits per heavy atom. The fourth-order valence-electron chi connectivity index (χ4n) is 1.58. The molecular weight excluding hydrogens is 273 g/mol. The number of hydrogen-bond donors (Lipinski definition) is 3. The second-order valence-electron chi connectivity index (χ2n) is 4.55. The van der Waals surface area contributed by atoms with Gasteiger partial charge in [0.2, 0.25) is 0 Å². The van der Waals surface area contributed by atoms with Crippen LogP contribution in [0.2, 0.25) is 0 Å². The molecule has 0 aliphatic heterocycles. The molecule has 4 nitrogen and oxygen atoms in total. The Hall–Kier alpha value is -1.76. The number of aliphatic hydroxyl groups is 1. The third-order valence-corrected chi connectivity index (χ3v) is 2.71. The van der Waals surface area contributed by atoms with Crippen LogP contribution in [0.15, 0.2) is 24.3 Å². The zero-order valence-electron chi connectivity index (χ0n) is 11.2. The number of carbonyl (C=O) groups is 1. The molecule has 112 valence electrons. The number of nitrogens with one attached hydrogen (secondary N) is 2. The molecule has 0 radical (unpaired) electrons. The maximum absolute atomic E-state index is 12.6. The molecule has 0 aliphatic carbocycles. The maximum atomic E-state index is 12.6. The molecule has 20 heavy (non-hydrogen) atoms. The van der Waals surface area contributed by atoms with Gasteiger partial charge in [0.1, 0.15) is 0 Å². The van der Waals surface area contributed by atoms with Gasteiger partial charge in [-0.3, -0.25) is 0 Å². The first-order chi connectivity index (χ1) is 9.24. The van der Waals surface area contributed by atoms with E-state index in [1.165, 1.54) is 12.1 Å². The van der Waals surface area contributed by atoms with Crippen molar-refractivity contribution in [3.05, 3.63) is 35.4 Å². The van der Waals surface area contributed by atoms with Gasteiger partial charge in [0.25, 0.3) is 0 Å². The highest BCUT2D eigenvalue weighted by atomic mass is 19.4. The number of halogens is 3. The van der Waals surface area contributed by atoms with Crippen molar-refractivity contribution < 1.29 is 23.1 Å². The number of amides is 2. The molecule has 2 amide bonds. The van der Waals surface area contributed by atoms with Crippen LogP contribution in [-0.2, 0) is 6.18 Å². The third kappa shape index (κ3) is 4.73. The van der Waals surface area contributed by atoms with E-state index in [2.05, 4.69) is 10.6 Å². The molecule has 0 heterocycles. The molecule has 1 aromatic rings. The largest absolute Gasteiger partial charge is 0.416 e. The minimum atomic E-state index is -4.41. The smallest absolute Gasteiger partial charge is 0.394 e. The van der Waals surface area contributed by atoms with Gasteiger partial charge >= 0.3 is 12.2 Å². The summed E-state index contributed by atoms with van der Waals surface area (Å²) in [4.78, 5) is 11.5. The van der Waals surface area contributed by atoms with E-state index in [9.17, 15) is 18.0 Å². The Bertz CT molecular complexity index is 463. The SMILES string of the molecule is CC(CO)NC(=O)NC(C)c1cccc(C(F)(F)F)c1. The Labute approximate surface area is 115 Å². The summed E-state index contributed by atoms with van der Waals surface area (Å²) in [7, 11) is 0. The molecule has 0 saturated carbocycles. The van der Waals surface area contributed by atoms with E-state index in [-0.39, 0.29) is 6.61 Å². The van der Waals surface area contributed by atoms with Crippen LogP contribution in [0.4, 0.5) is 18.0 Å². The van der Waals surface area contributed by atoms with E-state index in [1.807, 2.05) is 0 Å². The second kappa shape index (κ2) is 6.60. The van der Waals surface area contributed by atoms with Crippen LogP contribution >= 0.6 is 0 Å². The average molecular weight is 290 g/mol. The molecule has 0 aromatic heterocycles. The Morgan fingerprint density at radius 2 is 1.95 bits per heavy atom. The summed E-state index contributed by atoms with van der Waals surface area (Å²) in [5.41, 5.74) is -0.403. The van der Waals surface area contributed by atoms with Gasteiger partial charge in [0, 0.05) is 0 Å². The molecule has 1 aromatic carbocycles. The fraction of sp³-hybridized carbons (Fsp3) is 0.462. The lowest BCUT2D eigenvalue weighted by Crippen LogP contribution is -2.43. The molecule has 1 rings (SSSR count). The normalized spacial score (nSPS) is 14.5. The Kier molecular flexibility index (Phi) is 5.38. The van der Waals surface area contributed by atoms with Crippen molar-refractivity contribution in [2.75, 3.05) is 6.61 Å².